The van der Waals surface area contributed by atoms with Crippen molar-refractivity contribution in [2.75, 3.05) is 6.61 Å². The molecule has 0 spiro atoms. The molecule has 3 heteroatoms. The van der Waals surface area contributed by atoms with E-state index in [0.29, 0.717) is 6.04 Å². The van der Waals surface area contributed by atoms with Crippen molar-refractivity contribution in [3.8, 4) is 0 Å². The minimum Gasteiger partial charge on any atom is -0.392 e. The lowest BCUT2D eigenvalue weighted by Gasteiger charge is -2.25. The average Bonchev–Trinajstić information content (AvgIpc) is 2.33. The minimum absolute atomic E-state index is 0.0325. The van der Waals surface area contributed by atoms with Crippen LogP contribution in [0.1, 0.15) is 33.6 Å². The van der Waals surface area contributed by atoms with Gasteiger partial charge >= 0.3 is 0 Å². The molecule has 0 aliphatic carbocycles. The number of hydrogen-bond acceptors (Lipinski definition) is 3. The van der Waals surface area contributed by atoms with Crippen molar-refractivity contribution >= 4 is 0 Å². The fraction of sp³-hybridized carbons (Fsp3) is 0.600. The first-order valence-electron chi connectivity index (χ1n) is 6.60. The van der Waals surface area contributed by atoms with Crippen LogP contribution in [0.4, 0.5) is 0 Å². The van der Waals surface area contributed by atoms with Crippen LogP contribution >= 0.6 is 0 Å². The molecule has 0 bridgehead atoms. The summed E-state index contributed by atoms with van der Waals surface area (Å²) in [4.78, 5) is 0. The fourth-order valence-corrected chi connectivity index (χ4v) is 1.92. The highest BCUT2D eigenvalue weighted by molar-refractivity contribution is 5.28. The Morgan fingerprint density at radius 1 is 1.39 bits per heavy atom. The third kappa shape index (κ3) is 6.74. The van der Waals surface area contributed by atoms with Gasteiger partial charge in [0.25, 0.3) is 0 Å². The van der Waals surface area contributed by atoms with Gasteiger partial charge in [0.15, 0.2) is 0 Å². The molecule has 0 heterocycles. The first kappa shape index (κ1) is 17.1. The van der Waals surface area contributed by atoms with Gasteiger partial charge in [-0.1, -0.05) is 44.2 Å². The summed E-state index contributed by atoms with van der Waals surface area (Å²) in [6.45, 7) is 9.83. The Bertz CT molecular complexity index is 284. The second-order valence-corrected chi connectivity index (χ2v) is 4.58. The van der Waals surface area contributed by atoms with Crippen LogP contribution in [0.2, 0.25) is 0 Å². The van der Waals surface area contributed by atoms with Crippen LogP contribution in [0, 0.1) is 0 Å². The van der Waals surface area contributed by atoms with Crippen molar-refractivity contribution in [2.24, 2.45) is 0 Å². The third-order valence-electron chi connectivity index (χ3n) is 2.81. The lowest BCUT2D eigenvalue weighted by atomic mass is 10.0. The zero-order chi connectivity index (χ0) is 14.0. The number of rotatable bonds is 9. The van der Waals surface area contributed by atoms with Gasteiger partial charge in [0.1, 0.15) is 0 Å². The van der Waals surface area contributed by atoms with E-state index in [1.807, 2.05) is 6.92 Å². The Hall–Kier alpha value is -0.900. The molecule has 3 nitrogen and oxygen atoms in total. The quantitative estimate of drug-likeness (QED) is 0.552. The maximum Gasteiger partial charge on any atom is 0.0940 e. The van der Waals surface area contributed by atoms with Gasteiger partial charge in [0.05, 0.1) is 12.7 Å². The second-order valence-electron chi connectivity index (χ2n) is 4.58. The van der Waals surface area contributed by atoms with E-state index in [0.717, 1.165) is 18.4 Å². The Morgan fingerprint density at radius 2 is 2.06 bits per heavy atom. The van der Waals surface area contributed by atoms with Crippen molar-refractivity contribution < 1.29 is 10.2 Å². The van der Waals surface area contributed by atoms with E-state index in [4.69, 9.17) is 5.11 Å². The predicted octanol–water partition coefficient (Wildman–Crippen LogP) is 2.17. The van der Waals surface area contributed by atoms with Gasteiger partial charge in [-0.25, -0.2) is 0 Å². The van der Waals surface area contributed by atoms with Gasteiger partial charge in [0.2, 0.25) is 0 Å². The van der Waals surface area contributed by atoms with E-state index in [2.05, 4.69) is 25.7 Å². The monoisotopic (exact) mass is 253 g/mol. The fourth-order valence-electron chi connectivity index (χ4n) is 1.92. The Balaban J connectivity index is 4.56. The molecule has 0 saturated carbocycles. The third-order valence-corrected chi connectivity index (χ3v) is 2.81. The highest BCUT2D eigenvalue weighted by Crippen LogP contribution is 2.10. The molecule has 0 aromatic rings. The van der Waals surface area contributed by atoms with Crippen molar-refractivity contribution in [1.29, 1.82) is 0 Å². The van der Waals surface area contributed by atoms with Crippen LogP contribution in [-0.4, -0.2) is 35.0 Å². The molecule has 0 fully saturated rings. The molecule has 0 rings (SSSR count). The maximum atomic E-state index is 10.2. The normalized spacial score (nSPS) is 17.7. The standard InChI is InChI=1S/C15H27NO2/c1-5-8-12(3)16-13(4)15(18)14(9-6-2)10-7-11-17/h6-7,9-10,12-13,15-18H,2,5,8,11H2,1,3-4H3/b10-7-,14-9+. The van der Waals surface area contributed by atoms with E-state index in [1.54, 1.807) is 24.3 Å². The molecule has 3 N–H and O–H groups in total. The van der Waals surface area contributed by atoms with Crippen molar-refractivity contribution in [3.63, 3.8) is 0 Å². The van der Waals surface area contributed by atoms with Crippen LogP contribution in [0.25, 0.3) is 0 Å². The van der Waals surface area contributed by atoms with Gasteiger partial charge in [-0.3, -0.25) is 0 Å². The predicted molar refractivity (Wildman–Crippen MR) is 77.5 cm³/mol. The first-order valence-corrected chi connectivity index (χ1v) is 6.60. The zero-order valence-electron chi connectivity index (χ0n) is 11.8. The molecular formula is C15H27NO2. The summed E-state index contributed by atoms with van der Waals surface area (Å²) in [6.07, 6.45) is 8.35. The van der Waals surface area contributed by atoms with E-state index in [1.165, 1.54) is 0 Å². The molecule has 0 radical (unpaired) electrons. The summed E-state index contributed by atoms with van der Waals surface area (Å²) in [6, 6.07) is 0.340. The summed E-state index contributed by atoms with van der Waals surface area (Å²) in [7, 11) is 0. The zero-order valence-corrected chi connectivity index (χ0v) is 11.8. The molecule has 0 aromatic heterocycles. The van der Waals surface area contributed by atoms with E-state index in [-0.39, 0.29) is 12.6 Å². The largest absolute Gasteiger partial charge is 0.392 e. The number of nitrogens with one attached hydrogen (secondary N) is 1. The Morgan fingerprint density at radius 3 is 2.56 bits per heavy atom. The summed E-state index contributed by atoms with van der Waals surface area (Å²) >= 11 is 0. The number of allylic oxidation sites excluding steroid dienone is 2. The Kier molecular flexibility index (Phi) is 9.56. The second kappa shape index (κ2) is 10.1. The molecule has 0 aliphatic rings. The van der Waals surface area contributed by atoms with Gasteiger partial charge in [-0.2, -0.15) is 0 Å². The molecular weight excluding hydrogens is 226 g/mol. The van der Waals surface area contributed by atoms with Crippen LogP contribution in [0.5, 0.6) is 0 Å². The number of aliphatic hydroxyl groups excluding tert-OH is 2. The van der Waals surface area contributed by atoms with Gasteiger partial charge in [-0.05, 0) is 25.8 Å². The summed E-state index contributed by atoms with van der Waals surface area (Å²) in [5.41, 5.74) is 0.753. The van der Waals surface area contributed by atoms with Crippen molar-refractivity contribution in [1.82, 2.24) is 5.32 Å². The lowest BCUT2D eigenvalue weighted by molar-refractivity contribution is 0.164. The molecule has 0 aromatic carbocycles. The van der Waals surface area contributed by atoms with E-state index >= 15 is 0 Å². The number of hydrogen-bond donors (Lipinski definition) is 3. The maximum absolute atomic E-state index is 10.2. The van der Waals surface area contributed by atoms with Crippen LogP contribution in [0.3, 0.4) is 0 Å². The van der Waals surface area contributed by atoms with Gasteiger partial charge < -0.3 is 15.5 Å². The highest BCUT2D eigenvalue weighted by atomic mass is 16.3. The molecule has 18 heavy (non-hydrogen) atoms. The van der Waals surface area contributed by atoms with Crippen molar-refractivity contribution in [3.05, 3.63) is 36.5 Å². The highest BCUT2D eigenvalue weighted by Gasteiger charge is 2.18. The molecule has 0 amide bonds. The van der Waals surface area contributed by atoms with Crippen LogP contribution < -0.4 is 5.32 Å². The van der Waals surface area contributed by atoms with E-state index in [9.17, 15) is 5.11 Å². The van der Waals surface area contributed by atoms with Crippen LogP contribution in [-0.2, 0) is 0 Å². The minimum atomic E-state index is -0.606. The molecule has 0 aliphatic heterocycles. The van der Waals surface area contributed by atoms with E-state index < -0.39 is 6.10 Å². The Labute approximate surface area is 111 Å². The number of aliphatic hydroxyl groups is 2. The molecule has 3 unspecified atom stereocenters. The summed E-state index contributed by atoms with van der Waals surface area (Å²) < 4.78 is 0. The molecule has 0 saturated heterocycles. The summed E-state index contributed by atoms with van der Waals surface area (Å²) in [5.74, 6) is 0. The smallest absolute Gasteiger partial charge is 0.0940 e. The van der Waals surface area contributed by atoms with Crippen LogP contribution in [0.15, 0.2) is 36.5 Å². The first-order chi connectivity index (χ1) is 8.56. The van der Waals surface area contributed by atoms with Crippen molar-refractivity contribution in [2.45, 2.75) is 51.8 Å². The lowest BCUT2D eigenvalue weighted by Crippen LogP contribution is -2.42. The summed E-state index contributed by atoms with van der Waals surface area (Å²) in [5, 5.41) is 22.4. The van der Waals surface area contributed by atoms with Gasteiger partial charge in [0, 0.05) is 12.1 Å². The molecule has 104 valence electrons. The average molecular weight is 253 g/mol. The topological polar surface area (TPSA) is 52.5 Å². The molecule has 3 atom stereocenters. The SMILES string of the molecule is C=C/C=C(\C=C/CO)C(O)C(C)NC(C)CCC. The van der Waals surface area contributed by atoms with Gasteiger partial charge in [-0.15, -0.1) is 0 Å².